The van der Waals surface area contributed by atoms with Crippen molar-refractivity contribution in [3.8, 4) is 0 Å². The van der Waals surface area contributed by atoms with Crippen LogP contribution in [0.15, 0.2) is 15.6 Å². The van der Waals surface area contributed by atoms with Crippen LogP contribution in [0, 0.1) is 5.92 Å². The summed E-state index contributed by atoms with van der Waals surface area (Å²) in [7, 11) is 0. The van der Waals surface area contributed by atoms with Gasteiger partial charge in [-0.3, -0.25) is 9.36 Å². The molecule has 6 heteroatoms. The van der Waals surface area contributed by atoms with Crippen molar-refractivity contribution in [3.63, 3.8) is 0 Å². The van der Waals surface area contributed by atoms with Gasteiger partial charge in [0, 0.05) is 12.1 Å². The molecule has 1 rings (SSSR count). The van der Waals surface area contributed by atoms with E-state index in [4.69, 9.17) is 0 Å². The largest absolute Gasteiger partial charge is 0.480 e. The summed E-state index contributed by atoms with van der Waals surface area (Å²) in [6.07, 6.45) is 1.86. The zero-order valence-corrected chi connectivity index (χ0v) is 13.1. The standard InChI is InChI=1S/C13H19BrN2O3/c1-7(2)5-9(13(18)19)16-6-10(14)15-11(8(3)4)12(16)17/h6-9H,5H2,1-4H3,(H,18,19). The van der Waals surface area contributed by atoms with Gasteiger partial charge in [0.1, 0.15) is 16.3 Å². The molecule has 1 atom stereocenters. The predicted molar refractivity (Wildman–Crippen MR) is 76.4 cm³/mol. The number of rotatable bonds is 5. The van der Waals surface area contributed by atoms with Gasteiger partial charge in [0.25, 0.3) is 5.56 Å². The fourth-order valence-electron chi connectivity index (χ4n) is 1.88. The van der Waals surface area contributed by atoms with Gasteiger partial charge in [-0.05, 0) is 28.3 Å². The highest BCUT2D eigenvalue weighted by Gasteiger charge is 2.24. The van der Waals surface area contributed by atoms with Crippen LogP contribution in [0.2, 0.25) is 0 Å². The second-order valence-corrected chi connectivity index (χ2v) is 6.11. The molecule has 0 saturated heterocycles. The van der Waals surface area contributed by atoms with Crippen LogP contribution in [-0.2, 0) is 4.79 Å². The lowest BCUT2D eigenvalue weighted by Gasteiger charge is -2.19. The van der Waals surface area contributed by atoms with Gasteiger partial charge in [0.15, 0.2) is 0 Å². The molecule has 0 saturated carbocycles. The van der Waals surface area contributed by atoms with Crippen LogP contribution >= 0.6 is 15.9 Å². The number of hydrogen-bond acceptors (Lipinski definition) is 3. The van der Waals surface area contributed by atoms with E-state index < -0.39 is 12.0 Å². The number of nitrogens with zero attached hydrogens (tertiary/aromatic N) is 2. The predicted octanol–water partition coefficient (Wildman–Crippen LogP) is 2.80. The van der Waals surface area contributed by atoms with Crippen molar-refractivity contribution >= 4 is 21.9 Å². The van der Waals surface area contributed by atoms with Gasteiger partial charge < -0.3 is 5.11 Å². The van der Waals surface area contributed by atoms with E-state index in [9.17, 15) is 14.7 Å². The van der Waals surface area contributed by atoms with E-state index in [-0.39, 0.29) is 17.4 Å². The fraction of sp³-hybridized carbons (Fsp3) is 0.615. The van der Waals surface area contributed by atoms with Crippen LogP contribution in [0.3, 0.4) is 0 Å². The van der Waals surface area contributed by atoms with Gasteiger partial charge in [-0.15, -0.1) is 0 Å². The molecule has 1 aromatic rings. The van der Waals surface area contributed by atoms with Crippen LogP contribution in [0.1, 0.15) is 51.8 Å². The molecule has 0 spiro atoms. The Morgan fingerprint density at radius 3 is 2.42 bits per heavy atom. The highest BCUT2D eigenvalue weighted by Crippen LogP contribution is 2.19. The quantitative estimate of drug-likeness (QED) is 0.900. The summed E-state index contributed by atoms with van der Waals surface area (Å²) in [6.45, 7) is 7.58. The number of carbonyl (C=O) groups is 1. The van der Waals surface area contributed by atoms with Crippen LogP contribution in [0.25, 0.3) is 0 Å². The first-order chi connectivity index (χ1) is 8.73. The molecule has 1 aromatic heterocycles. The van der Waals surface area contributed by atoms with Gasteiger partial charge >= 0.3 is 5.97 Å². The Balaban J connectivity index is 3.38. The molecule has 0 amide bonds. The van der Waals surface area contributed by atoms with Crippen LogP contribution in [-0.4, -0.2) is 20.6 Å². The number of halogens is 1. The van der Waals surface area contributed by atoms with Gasteiger partial charge in [0.2, 0.25) is 0 Å². The van der Waals surface area contributed by atoms with Crippen molar-refractivity contribution in [2.24, 2.45) is 5.92 Å². The number of aliphatic carboxylic acids is 1. The van der Waals surface area contributed by atoms with Crippen molar-refractivity contribution in [1.82, 2.24) is 9.55 Å². The van der Waals surface area contributed by atoms with Crippen molar-refractivity contribution in [3.05, 3.63) is 26.8 Å². The minimum Gasteiger partial charge on any atom is -0.480 e. The summed E-state index contributed by atoms with van der Waals surface area (Å²) < 4.78 is 1.75. The molecule has 0 aliphatic carbocycles. The molecular formula is C13H19BrN2O3. The maximum Gasteiger partial charge on any atom is 0.326 e. The second-order valence-electron chi connectivity index (χ2n) is 5.30. The molecule has 1 N–H and O–H groups in total. The molecular weight excluding hydrogens is 312 g/mol. The molecule has 19 heavy (non-hydrogen) atoms. The summed E-state index contributed by atoms with van der Waals surface area (Å²) in [5.74, 6) is -0.865. The summed E-state index contributed by atoms with van der Waals surface area (Å²) in [4.78, 5) is 27.8. The Bertz CT molecular complexity index is 523. The first-order valence-electron chi connectivity index (χ1n) is 6.25. The summed E-state index contributed by atoms with van der Waals surface area (Å²) >= 11 is 3.24. The normalized spacial score (nSPS) is 13.0. The van der Waals surface area contributed by atoms with E-state index in [0.717, 1.165) is 0 Å². The van der Waals surface area contributed by atoms with Crippen LogP contribution in [0.5, 0.6) is 0 Å². The molecule has 5 nitrogen and oxygen atoms in total. The fourth-order valence-corrected chi connectivity index (χ4v) is 2.30. The Hall–Kier alpha value is -1.17. The lowest BCUT2D eigenvalue weighted by atomic mass is 10.0. The molecule has 0 aliphatic rings. The van der Waals surface area contributed by atoms with E-state index in [1.165, 1.54) is 10.8 Å². The highest BCUT2D eigenvalue weighted by atomic mass is 79.9. The molecule has 1 unspecified atom stereocenters. The molecule has 0 fully saturated rings. The highest BCUT2D eigenvalue weighted by molar-refractivity contribution is 9.10. The van der Waals surface area contributed by atoms with Crippen molar-refractivity contribution in [2.45, 2.75) is 46.1 Å². The minimum atomic E-state index is -0.997. The lowest BCUT2D eigenvalue weighted by molar-refractivity contribution is -0.141. The lowest BCUT2D eigenvalue weighted by Crippen LogP contribution is -2.33. The smallest absolute Gasteiger partial charge is 0.326 e. The Morgan fingerprint density at radius 2 is 2.00 bits per heavy atom. The van der Waals surface area contributed by atoms with Gasteiger partial charge in [-0.25, -0.2) is 9.78 Å². The SMILES string of the molecule is CC(C)CC(C(=O)O)n1cc(Br)nc(C(C)C)c1=O. The molecule has 1 heterocycles. The van der Waals surface area contributed by atoms with E-state index in [1.54, 1.807) is 0 Å². The topological polar surface area (TPSA) is 72.2 Å². The third-order valence-electron chi connectivity index (χ3n) is 2.79. The molecule has 0 bridgehead atoms. The number of aromatic nitrogens is 2. The van der Waals surface area contributed by atoms with Gasteiger partial charge in [-0.1, -0.05) is 27.7 Å². The summed E-state index contributed by atoms with van der Waals surface area (Å²) in [5, 5.41) is 9.32. The van der Waals surface area contributed by atoms with E-state index >= 15 is 0 Å². The van der Waals surface area contributed by atoms with Crippen molar-refractivity contribution in [1.29, 1.82) is 0 Å². The summed E-state index contributed by atoms with van der Waals surface area (Å²) in [6, 6.07) is -0.857. The average molecular weight is 331 g/mol. The van der Waals surface area contributed by atoms with Crippen LogP contribution < -0.4 is 5.56 Å². The number of carboxylic acids is 1. The summed E-state index contributed by atoms with van der Waals surface area (Å²) in [5.41, 5.74) is 0.0515. The van der Waals surface area contributed by atoms with E-state index in [0.29, 0.717) is 16.7 Å². The minimum absolute atomic E-state index is 0.0512. The van der Waals surface area contributed by atoms with Crippen molar-refractivity contribution in [2.75, 3.05) is 0 Å². The average Bonchev–Trinajstić information content (AvgIpc) is 2.28. The number of hydrogen-bond donors (Lipinski definition) is 1. The van der Waals surface area contributed by atoms with E-state index in [2.05, 4.69) is 20.9 Å². The van der Waals surface area contributed by atoms with Gasteiger partial charge in [0.05, 0.1) is 0 Å². The first kappa shape index (κ1) is 15.9. The molecule has 106 valence electrons. The first-order valence-corrected chi connectivity index (χ1v) is 7.04. The maximum atomic E-state index is 12.3. The van der Waals surface area contributed by atoms with E-state index in [1.807, 2.05) is 27.7 Å². The zero-order valence-electron chi connectivity index (χ0n) is 11.6. The monoisotopic (exact) mass is 330 g/mol. The zero-order chi connectivity index (χ0) is 14.7. The molecule has 0 aliphatic heterocycles. The number of carboxylic acid groups (broad SMARTS) is 1. The molecule has 0 aromatic carbocycles. The Morgan fingerprint density at radius 1 is 1.42 bits per heavy atom. The Kier molecular flexibility index (Phi) is 5.29. The Labute approximate surface area is 120 Å². The molecule has 0 radical (unpaired) electrons. The third kappa shape index (κ3) is 3.89. The second kappa shape index (κ2) is 6.32. The van der Waals surface area contributed by atoms with Crippen LogP contribution in [0.4, 0.5) is 0 Å². The van der Waals surface area contributed by atoms with Gasteiger partial charge in [-0.2, -0.15) is 0 Å². The third-order valence-corrected chi connectivity index (χ3v) is 3.17. The maximum absolute atomic E-state index is 12.3. The van der Waals surface area contributed by atoms with Crippen molar-refractivity contribution < 1.29 is 9.90 Å².